The van der Waals surface area contributed by atoms with Gasteiger partial charge in [0.1, 0.15) is 6.10 Å². The molecule has 0 spiro atoms. The summed E-state index contributed by atoms with van der Waals surface area (Å²) < 4.78 is 36.3. The molecule has 3 rings (SSSR count). The summed E-state index contributed by atoms with van der Waals surface area (Å²) in [7, 11) is -1.59. The molecule has 27 heavy (non-hydrogen) atoms. The smallest absolute Gasteiger partial charge is 0.193 e. The summed E-state index contributed by atoms with van der Waals surface area (Å²) in [5, 5.41) is 3.18. The molecule has 2 unspecified atom stereocenters. The van der Waals surface area contributed by atoms with Crippen LogP contribution in [0, 0.1) is 0 Å². The predicted octanol–water partition coefficient (Wildman–Crippen LogP) is 1.53. The van der Waals surface area contributed by atoms with E-state index in [4.69, 9.17) is 9.47 Å². The van der Waals surface area contributed by atoms with Crippen molar-refractivity contribution in [3.05, 3.63) is 30.3 Å². The first kappa shape index (κ1) is 22.4. The standard InChI is InChI=1S/C18H27N3O4S.HI/c1-19-18(20-9-13-26(22,23)15-6-3-2-4-7-15)21-10-12-25-17(14-21)16-8-5-11-24-16;/h2-4,6-7,16-17H,5,8-14H2,1H3,(H,19,20);1H. The average molecular weight is 509 g/mol. The topological polar surface area (TPSA) is 80.2 Å². The average Bonchev–Trinajstić information content (AvgIpc) is 3.21. The second-order valence-corrected chi connectivity index (χ2v) is 8.62. The van der Waals surface area contributed by atoms with Crippen LogP contribution in [0.2, 0.25) is 0 Å². The van der Waals surface area contributed by atoms with Gasteiger partial charge in [-0.05, 0) is 25.0 Å². The van der Waals surface area contributed by atoms with Crippen molar-refractivity contribution in [2.75, 3.05) is 45.6 Å². The SMILES string of the molecule is CN=C(NCCS(=O)(=O)c1ccccc1)N1CCOC(C2CCCO2)C1.I. The van der Waals surface area contributed by atoms with Gasteiger partial charge in [0, 0.05) is 33.3 Å². The van der Waals surface area contributed by atoms with Crippen molar-refractivity contribution >= 4 is 39.8 Å². The fourth-order valence-electron chi connectivity index (χ4n) is 3.36. The Kier molecular flexibility index (Phi) is 8.77. The molecule has 2 aliphatic heterocycles. The van der Waals surface area contributed by atoms with E-state index in [1.54, 1.807) is 31.3 Å². The number of hydrogen-bond donors (Lipinski definition) is 1. The third kappa shape index (κ3) is 6.03. The third-order valence-corrected chi connectivity index (χ3v) is 6.47. The summed E-state index contributed by atoms with van der Waals surface area (Å²) in [6.45, 7) is 3.17. The first-order valence-corrected chi connectivity index (χ1v) is 10.7. The lowest BCUT2D eigenvalue weighted by Gasteiger charge is -2.37. The van der Waals surface area contributed by atoms with Gasteiger partial charge in [0.05, 0.1) is 23.4 Å². The van der Waals surface area contributed by atoms with Crippen LogP contribution in [0.25, 0.3) is 0 Å². The Labute approximate surface area is 178 Å². The van der Waals surface area contributed by atoms with Crippen LogP contribution >= 0.6 is 24.0 Å². The van der Waals surface area contributed by atoms with E-state index in [0.29, 0.717) is 30.6 Å². The van der Waals surface area contributed by atoms with E-state index in [0.717, 1.165) is 26.0 Å². The molecular weight excluding hydrogens is 481 g/mol. The molecule has 2 fully saturated rings. The van der Waals surface area contributed by atoms with Gasteiger partial charge in [-0.3, -0.25) is 4.99 Å². The summed E-state index contributed by atoms with van der Waals surface area (Å²) in [6, 6.07) is 8.52. The molecule has 1 aromatic rings. The molecule has 0 amide bonds. The molecule has 152 valence electrons. The third-order valence-electron chi connectivity index (χ3n) is 4.74. The number of aliphatic imine (C=N–C) groups is 1. The largest absolute Gasteiger partial charge is 0.375 e. The molecule has 2 saturated heterocycles. The minimum atomic E-state index is -3.30. The van der Waals surface area contributed by atoms with Gasteiger partial charge in [0.15, 0.2) is 15.8 Å². The molecule has 0 aromatic heterocycles. The summed E-state index contributed by atoms with van der Waals surface area (Å²) in [4.78, 5) is 6.77. The Morgan fingerprint density at radius 3 is 2.63 bits per heavy atom. The highest BCUT2D eigenvalue weighted by Gasteiger charge is 2.32. The molecule has 0 aliphatic carbocycles. The van der Waals surface area contributed by atoms with E-state index in [1.807, 2.05) is 6.07 Å². The summed E-state index contributed by atoms with van der Waals surface area (Å²) in [6.07, 6.45) is 2.29. The molecule has 0 radical (unpaired) electrons. The highest BCUT2D eigenvalue weighted by molar-refractivity contribution is 14.0. The van der Waals surface area contributed by atoms with E-state index in [1.165, 1.54) is 0 Å². The van der Waals surface area contributed by atoms with Gasteiger partial charge in [0.2, 0.25) is 0 Å². The lowest BCUT2D eigenvalue weighted by atomic mass is 10.1. The molecule has 0 saturated carbocycles. The Balaban J connectivity index is 0.00000261. The van der Waals surface area contributed by atoms with Gasteiger partial charge in [-0.1, -0.05) is 18.2 Å². The van der Waals surface area contributed by atoms with E-state index in [-0.39, 0.29) is 41.9 Å². The van der Waals surface area contributed by atoms with Crippen molar-refractivity contribution in [3.63, 3.8) is 0 Å². The minimum absolute atomic E-state index is 0. The van der Waals surface area contributed by atoms with Crippen molar-refractivity contribution in [2.45, 2.75) is 29.9 Å². The van der Waals surface area contributed by atoms with Crippen molar-refractivity contribution in [1.82, 2.24) is 10.2 Å². The Bertz CT molecular complexity index is 709. The van der Waals surface area contributed by atoms with Crippen molar-refractivity contribution in [1.29, 1.82) is 0 Å². The molecule has 1 aromatic carbocycles. The maximum Gasteiger partial charge on any atom is 0.193 e. The summed E-state index contributed by atoms with van der Waals surface area (Å²) >= 11 is 0. The van der Waals surface area contributed by atoms with Crippen molar-refractivity contribution in [2.24, 2.45) is 4.99 Å². The van der Waals surface area contributed by atoms with Crippen molar-refractivity contribution < 1.29 is 17.9 Å². The number of benzene rings is 1. The quantitative estimate of drug-likeness (QED) is 0.369. The van der Waals surface area contributed by atoms with Gasteiger partial charge in [0.25, 0.3) is 0 Å². The van der Waals surface area contributed by atoms with Crippen LogP contribution < -0.4 is 5.32 Å². The number of rotatable bonds is 5. The van der Waals surface area contributed by atoms with E-state index < -0.39 is 9.84 Å². The van der Waals surface area contributed by atoms with Crippen LogP contribution in [0.4, 0.5) is 0 Å². The minimum Gasteiger partial charge on any atom is -0.375 e. The molecule has 1 N–H and O–H groups in total. The van der Waals surface area contributed by atoms with Gasteiger partial charge >= 0.3 is 0 Å². The Morgan fingerprint density at radius 2 is 1.96 bits per heavy atom. The molecule has 0 bridgehead atoms. The van der Waals surface area contributed by atoms with Gasteiger partial charge in [-0.15, -0.1) is 24.0 Å². The van der Waals surface area contributed by atoms with Crippen LogP contribution in [-0.2, 0) is 19.3 Å². The first-order chi connectivity index (χ1) is 12.6. The normalized spacial score (nSPS) is 23.7. The second kappa shape index (κ2) is 10.6. The van der Waals surface area contributed by atoms with E-state index in [2.05, 4.69) is 15.2 Å². The van der Waals surface area contributed by atoms with Crippen LogP contribution in [0.5, 0.6) is 0 Å². The number of halogens is 1. The Hall–Kier alpha value is -0.910. The molecule has 2 atom stereocenters. The maximum atomic E-state index is 12.4. The van der Waals surface area contributed by atoms with Gasteiger partial charge in [-0.25, -0.2) is 8.42 Å². The zero-order chi connectivity index (χ0) is 18.4. The number of nitrogens with one attached hydrogen (secondary N) is 1. The van der Waals surface area contributed by atoms with E-state index >= 15 is 0 Å². The van der Waals surface area contributed by atoms with Gasteiger partial charge < -0.3 is 19.7 Å². The van der Waals surface area contributed by atoms with Crippen LogP contribution in [0.3, 0.4) is 0 Å². The molecule has 7 nitrogen and oxygen atoms in total. The highest BCUT2D eigenvalue weighted by atomic mass is 127. The van der Waals surface area contributed by atoms with Crippen LogP contribution in [0.15, 0.2) is 40.2 Å². The molecule has 9 heteroatoms. The number of guanidine groups is 1. The number of ether oxygens (including phenoxy) is 2. The fourth-order valence-corrected chi connectivity index (χ4v) is 4.54. The number of morpholine rings is 1. The number of nitrogens with zero attached hydrogens (tertiary/aromatic N) is 2. The highest BCUT2D eigenvalue weighted by Crippen LogP contribution is 2.21. The lowest BCUT2D eigenvalue weighted by Crippen LogP contribution is -2.53. The molecule has 2 heterocycles. The monoisotopic (exact) mass is 509 g/mol. The van der Waals surface area contributed by atoms with Gasteiger partial charge in [-0.2, -0.15) is 0 Å². The summed E-state index contributed by atoms with van der Waals surface area (Å²) in [5.41, 5.74) is 0. The fraction of sp³-hybridized carbons (Fsp3) is 0.611. The zero-order valence-electron chi connectivity index (χ0n) is 15.5. The predicted molar refractivity (Wildman–Crippen MR) is 116 cm³/mol. The molecule has 2 aliphatic rings. The van der Waals surface area contributed by atoms with Crippen molar-refractivity contribution in [3.8, 4) is 0 Å². The molecular formula is C18H28IN3O4S. The maximum absolute atomic E-state index is 12.4. The number of hydrogen-bond acceptors (Lipinski definition) is 5. The summed E-state index contributed by atoms with van der Waals surface area (Å²) in [5.74, 6) is 0.731. The lowest BCUT2D eigenvalue weighted by molar-refractivity contribution is -0.0816. The van der Waals surface area contributed by atoms with E-state index in [9.17, 15) is 8.42 Å². The second-order valence-electron chi connectivity index (χ2n) is 6.51. The van der Waals surface area contributed by atoms with Crippen LogP contribution in [0.1, 0.15) is 12.8 Å². The number of sulfone groups is 1. The van der Waals surface area contributed by atoms with Crippen LogP contribution in [-0.4, -0.2) is 77.1 Å². The first-order valence-electron chi connectivity index (χ1n) is 9.07. The Morgan fingerprint density at radius 1 is 1.22 bits per heavy atom. The zero-order valence-corrected chi connectivity index (χ0v) is 18.7.